The molecule has 5 heteroatoms. The third kappa shape index (κ3) is 2.41. The predicted octanol–water partition coefficient (Wildman–Crippen LogP) is 1.17. The molecule has 5 nitrogen and oxygen atoms in total. The van der Waals surface area contributed by atoms with E-state index in [4.69, 9.17) is 5.84 Å². The predicted molar refractivity (Wildman–Crippen MR) is 77.0 cm³/mol. The molecule has 0 saturated carbocycles. The number of guanidine groups is 1. The molecule has 0 atom stereocenters. The van der Waals surface area contributed by atoms with Crippen molar-refractivity contribution in [3.8, 4) is 0 Å². The summed E-state index contributed by atoms with van der Waals surface area (Å²) in [5.41, 5.74) is 5.08. The van der Waals surface area contributed by atoms with Crippen molar-refractivity contribution in [3.63, 3.8) is 0 Å². The zero-order chi connectivity index (χ0) is 13.0. The van der Waals surface area contributed by atoms with Gasteiger partial charge in [-0.2, -0.15) is 0 Å². The number of nitrogens with zero attached hydrogens (tertiary/aromatic N) is 3. The molecule has 1 aliphatic rings. The Labute approximate surface area is 108 Å². The van der Waals surface area contributed by atoms with Crippen LogP contribution in [0, 0.1) is 0 Å². The largest absolute Gasteiger partial charge is 0.371 e. The molecule has 0 amide bonds. The molecule has 0 unspecified atom stereocenters. The van der Waals surface area contributed by atoms with Gasteiger partial charge in [-0.05, 0) is 18.6 Å². The van der Waals surface area contributed by atoms with Gasteiger partial charge in [-0.3, -0.25) is 10.4 Å². The van der Waals surface area contributed by atoms with Crippen molar-refractivity contribution in [1.82, 2.24) is 5.43 Å². The minimum Gasteiger partial charge on any atom is -0.371 e. The number of hydrazine groups is 1. The minimum absolute atomic E-state index is 0.748. The Morgan fingerprint density at radius 1 is 1.33 bits per heavy atom. The van der Waals surface area contributed by atoms with E-state index in [1.165, 1.54) is 5.69 Å². The fourth-order valence-corrected chi connectivity index (χ4v) is 2.15. The third-order valence-corrected chi connectivity index (χ3v) is 3.11. The molecule has 18 heavy (non-hydrogen) atoms. The number of nitrogens with one attached hydrogen (secondary N) is 1. The first-order valence-corrected chi connectivity index (χ1v) is 6.36. The van der Waals surface area contributed by atoms with Gasteiger partial charge < -0.3 is 9.80 Å². The lowest BCUT2D eigenvalue weighted by atomic mass is 10.2. The maximum absolute atomic E-state index is 5.60. The number of benzene rings is 1. The van der Waals surface area contributed by atoms with Crippen LogP contribution in [-0.4, -0.2) is 32.6 Å². The van der Waals surface area contributed by atoms with Crippen LogP contribution in [0.3, 0.4) is 0 Å². The highest BCUT2D eigenvalue weighted by molar-refractivity contribution is 5.99. The monoisotopic (exact) mass is 247 g/mol. The van der Waals surface area contributed by atoms with Gasteiger partial charge in [0.2, 0.25) is 5.96 Å². The molecule has 0 radical (unpaired) electrons. The molecule has 0 bridgehead atoms. The van der Waals surface area contributed by atoms with Crippen LogP contribution in [0.25, 0.3) is 0 Å². The molecule has 1 aromatic carbocycles. The molecular formula is C13H21N5. The third-order valence-electron chi connectivity index (χ3n) is 3.11. The Balaban J connectivity index is 2.32. The van der Waals surface area contributed by atoms with Gasteiger partial charge in [0.05, 0.1) is 11.4 Å². The highest BCUT2D eigenvalue weighted by atomic mass is 15.4. The molecule has 0 aliphatic carbocycles. The lowest BCUT2D eigenvalue weighted by Gasteiger charge is -2.36. The van der Waals surface area contributed by atoms with Gasteiger partial charge >= 0.3 is 0 Å². The summed E-state index contributed by atoms with van der Waals surface area (Å²) in [4.78, 5) is 8.89. The number of likely N-dealkylation sites (N-methyl/N-ethyl adjacent to an activating group) is 1. The molecular weight excluding hydrogens is 226 g/mol. The fraction of sp³-hybridized carbons (Fsp3) is 0.462. The quantitative estimate of drug-likeness (QED) is 0.356. The topological polar surface area (TPSA) is 56.9 Å². The van der Waals surface area contributed by atoms with Crippen LogP contribution < -0.4 is 21.1 Å². The normalized spacial score (nSPS) is 15.6. The zero-order valence-corrected chi connectivity index (χ0v) is 11.1. The maximum Gasteiger partial charge on any atom is 0.213 e. The Hall–Kier alpha value is -1.75. The summed E-state index contributed by atoms with van der Waals surface area (Å²) in [6.45, 7) is 4.74. The van der Waals surface area contributed by atoms with Crippen molar-refractivity contribution in [3.05, 3.63) is 24.3 Å². The lowest BCUT2D eigenvalue weighted by Crippen LogP contribution is -2.50. The molecule has 1 heterocycles. The van der Waals surface area contributed by atoms with E-state index < -0.39 is 0 Å². The van der Waals surface area contributed by atoms with Crippen molar-refractivity contribution >= 4 is 17.3 Å². The summed E-state index contributed by atoms with van der Waals surface area (Å²) in [7, 11) is 2.11. The van der Waals surface area contributed by atoms with E-state index in [1.54, 1.807) is 0 Å². The Morgan fingerprint density at radius 3 is 2.72 bits per heavy atom. The first-order chi connectivity index (χ1) is 8.77. The second-order valence-electron chi connectivity index (χ2n) is 4.41. The van der Waals surface area contributed by atoms with Crippen molar-refractivity contribution < 1.29 is 0 Å². The number of aliphatic imine (C=N–C) groups is 1. The second-order valence-corrected chi connectivity index (χ2v) is 4.41. The second kappa shape index (κ2) is 5.73. The number of fused-ring (bicyclic) bond motifs is 1. The summed E-state index contributed by atoms with van der Waals surface area (Å²) in [6.07, 6.45) is 1.01. The Morgan fingerprint density at radius 2 is 2.06 bits per heavy atom. The van der Waals surface area contributed by atoms with Gasteiger partial charge in [0, 0.05) is 26.7 Å². The highest BCUT2D eigenvalue weighted by Gasteiger charge is 2.22. The molecule has 1 aromatic rings. The van der Waals surface area contributed by atoms with Gasteiger partial charge in [-0.15, -0.1) is 0 Å². The van der Waals surface area contributed by atoms with Crippen molar-refractivity contribution in [2.45, 2.75) is 13.3 Å². The molecule has 98 valence electrons. The summed E-state index contributed by atoms with van der Waals surface area (Å²) >= 11 is 0. The Kier molecular flexibility index (Phi) is 4.04. The van der Waals surface area contributed by atoms with E-state index in [2.05, 4.69) is 52.4 Å². The van der Waals surface area contributed by atoms with E-state index in [9.17, 15) is 0 Å². The number of hydrogen-bond donors (Lipinski definition) is 2. The summed E-state index contributed by atoms with van der Waals surface area (Å²) in [5.74, 6) is 6.35. The van der Waals surface area contributed by atoms with Crippen LogP contribution in [0.1, 0.15) is 13.3 Å². The van der Waals surface area contributed by atoms with Crippen LogP contribution in [0.4, 0.5) is 11.4 Å². The fourth-order valence-electron chi connectivity index (χ4n) is 2.15. The van der Waals surface area contributed by atoms with Crippen LogP contribution >= 0.6 is 0 Å². The number of nitrogens with two attached hydrogens (primary N) is 1. The summed E-state index contributed by atoms with van der Waals surface area (Å²) in [5, 5.41) is 0. The van der Waals surface area contributed by atoms with E-state index in [0.717, 1.165) is 37.7 Å². The van der Waals surface area contributed by atoms with Crippen LogP contribution in [0.15, 0.2) is 29.3 Å². The van der Waals surface area contributed by atoms with E-state index >= 15 is 0 Å². The lowest BCUT2D eigenvalue weighted by molar-refractivity contribution is 0.801. The molecule has 0 aromatic heterocycles. The molecule has 0 fully saturated rings. The zero-order valence-electron chi connectivity index (χ0n) is 11.1. The van der Waals surface area contributed by atoms with Crippen molar-refractivity contribution in [2.75, 3.05) is 36.5 Å². The molecule has 1 aliphatic heterocycles. The van der Waals surface area contributed by atoms with Crippen molar-refractivity contribution in [2.24, 2.45) is 10.8 Å². The molecule has 3 N–H and O–H groups in total. The first kappa shape index (κ1) is 12.7. The molecule has 0 spiro atoms. The number of anilines is 2. The Bertz CT molecular complexity index is 429. The van der Waals surface area contributed by atoms with E-state index in [0.29, 0.717) is 0 Å². The van der Waals surface area contributed by atoms with E-state index in [-0.39, 0.29) is 0 Å². The van der Waals surface area contributed by atoms with Crippen LogP contribution in [-0.2, 0) is 0 Å². The first-order valence-electron chi connectivity index (χ1n) is 6.36. The van der Waals surface area contributed by atoms with Crippen LogP contribution in [0.5, 0.6) is 0 Å². The summed E-state index contributed by atoms with van der Waals surface area (Å²) in [6, 6.07) is 8.32. The number of hydrogen-bond acceptors (Lipinski definition) is 3. The smallest absolute Gasteiger partial charge is 0.213 e. The minimum atomic E-state index is 0.748. The highest BCUT2D eigenvalue weighted by Crippen LogP contribution is 2.31. The number of rotatable bonds is 2. The molecule has 0 saturated heterocycles. The summed E-state index contributed by atoms with van der Waals surface area (Å²) < 4.78 is 0. The standard InChI is InChI=1S/C13H21N5/c1-3-8-15-13(16-14)18-10-9-17(2)11-6-4-5-7-12(11)18/h4-7H,3,8-10,14H2,1-2H3,(H,15,16). The average molecular weight is 247 g/mol. The maximum atomic E-state index is 5.60. The van der Waals surface area contributed by atoms with Gasteiger partial charge in [0.25, 0.3) is 0 Å². The van der Waals surface area contributed by atoms with Crippen LogP contribution in [0.2, 0.25) is 0 Å². The van der Waals surface area contributed by atoms with Crippen molar-refractivity contribution in [1.29, 1.82) is 0 Å². The van der Waals surface area contributed by atoms with Gasteiger partial charge in [0.15, 0.2) is 0 Å². The number of para-hydroxylation sites is 2. The van der Waals surface area contributed by atoms with E-state index in [1.807, 2.05) is 6.07 Å². The van der Waals surface area contributed by atoms with Gasteiger partial charge in [-0.1, -0.05) is 19.1 Å². The van der Waals surface area contributed by atoms with Gasteiger partial charge in [0.1, 0.15) is 0 Å². The van der Waals surface area contributed by atoms with Gasteiger partial charge in [-0.25, -0.2) is 5.84 Å². The molecule has 2 rings (SSSR count). The average Bonchev–Trinajstić information content (AvgIpc) is 2.42. The SMILES string of the molecule is CCCN=C(NN)N1CCN(C)c2ccccc21.